The summed E-state index contributed by atoms with van der Waals surface area (Å²) in [5.74, 6) is -0.400. The van der Waals surface area contributed by atoms with E-state index in [1.807, 2.05) is 15.9 Å². The molecule has 2 saturated heterocycles. The number of hydrogen-bond acceptors (Lipinski definition) is 5. The number of benzene rings is 1. The van der Waals surface area contributed by atoms with E-state index in [9.17, 15) is 14.4 Å². The molecule has 3 heterocycles. The lowest BCUT2D eigenvalue weighted by Crippen LogP contribution is -2.57. The van der Waals surface area contributed by atoms with Crippen LogP contribution in [0.15, 0.2) is 18.2 Å². The molecule has 1 aromatic carbocycles. The molecule has 3 aliphatic heterocycles. The van der Waals surface area contributed by atoms with E-state index in [4.69, 9.17) is 9.47 Å². The third kappa shape index (κ3) is 2.76. The Hall–Kier alpha value is -2.41. The van der Waals surface area contributed by atoms with Crippen molar-refractivity contribution in [1.29, 1.82) is 0 Å². The number of nitrogens with zero attached hydrogens (tertiary/aromatic N) is 2. The van der Waals surface area contributed by atoms with Gasteiger partial charge in [0.15, 0.2) is 0 Å². The molecule has 0 N–H and O–H groups in total. The van der Waals surface area contributed by atoms with E-state index in [-0.39, 0.29) is 23.9 Å². The van der Waals surface area contributed by atoms with E-state index >= 15 is 0 Å². The maximum atomic E-state index is 13.0. The molecule has 138 valence electrons. The number of carbonyl (C=O) groups is 3. The van der Waals surface area contributed by atoms with E-state index in [0.717, 1.165) is 18.5 Å². The Bertz CT molecular complexity index is 762. The largest absolute Gasteiger partial charge is 0.465 e. The Morgan fingerprint density at radius 3 is 2.81 bits per heavy atom. The van der Waals surface area contributed by atoms with Gasteiger partial charge in [-0.25, -0.2) is 4.79 Å². The van der Waals surface area contributed by atoms with Crippen LogP contribution in [0.3, 0.4) is 0 Å². The molecule has 0 aliphatic carbocycles. The lowest BCUT2D eigenvalue weighted by Gasteiger charge is -2.42. The molecule has 26 heavy (non-hydrogen) atoms. The average Bonchev–Trinajstić information content (AvgIpc) is 3.24. The number of likely N-dealkylation sites (tertiary alicyclic amines) is 1. The van der Waals surface area contributed by atoms with E-state index < -0.39 is 5.97 Å². The predicted molar refractivity (Wildman–Crippen MR) is 91.6 cm³/mol. The Kier molecular flexibility index (Phi) is 4.40. The summed E-state index contributed by atoms with van der Waals surface area (Å²) in [6, 6.07) is 4.95. The molecule has 3 aliphatic rings. The van der Waals surface area contributed by atoms with Gasteiger partial charge >= 0.3 is 5.97 Å². The average molecular weight is 358 g/mol. The van der Waals surface area contributed by atoms with E-state index in [2.05, 4.69) is 0 Å². The molecule has 0 aromatic heterocycles. The molecular weight excluding hydrogens is 336 g/mol. The minimum absolute atomic E-state index is 0.0627. The van der Waals surface area contributed by atoms with Gasteiger partial charge in [-0.05, 0) is 30.5 Å². The molecule has 0 unspecified atom stereocenters. The van der Waals surface area contributed by atoms with Crippen LogP contribution in [0.1, 0.15) is 45.5 Å². The minimum Gasteiger partial charge on any atom is -0.465 e. The standard InChI is InChI=1S/C19H22N2O5/c1-25-19(24)12-4-5-13-10-21(18(23)14(13)9-12)15-6-8-26-11-16(15)20-7-2-3-17(20)22/h4-5,9,15-16H,2-3,6-8,10-11H2,1H3/t15-,16-/m1/s1. The Morgan fingerprint density at radius 1 is 1.23 bits per heavy atom. The number of fused-ring (bicyclic) bond motifs is 1. The van der Waals surface area contributed by atoms with Crippen molar-refractivity contribution in [3.63, 3.8) is 0 Å². The first kappa shape index (κ1) is 17.0. The van der Waals surface area contributed by atoms with E-state index in [1.54, 1.807) is 12.1 Å². The fourth-order valence-corrected chi connectivity index (χ4v) is 4.23. The first-order chi connectivity index (χ1) is 12.6. The maximum absolute atomic E-state index is 13.0. The van der Waals surface area contributed by atoms with Crippen molar-refractivity contribution in [2.75, 3.05) is 26.9 Å². The third-order valence-electron chi connectivity index (χ3n) is 5.56. The summed E-state index contributed by atoms with van der Waals surface area (Å²) in [6.45, 7) is 2.27. The fourth-order valence-electron chi connectivity index (χ4n) is 4.23. The van der Waals surface area contributed by atoms with Gasteiger partial charge in [0.05, 0.1) is 31.4 Å². The minimum atomic E-state index is -0.453. The molecule has 0 bridgehead atoms. The predicted octanol–water partition coefficient (Wildman–Crippen LogP) is 1.21. The van der Waals surface area contributed by atoms with Gasteiger partial charge in [0.25, 0.3) is 5.91 Å². The number of ether oxygens (including phenoxy) is 2. The monoisotopic (exact) mass is 358 g/mol. The van der Waals surface area contributed by atoms with Gasteiger partial charge in [0, 0.05) is 31.7 Å². The quantitative estimate of drug-likeness (QED) is 0.759. The molecule has 2 fully saturated rings. The molecule has 4 rings (SSSR count). The zero-order valence-electron chi connectivity index (χ0n) is 14.8. The van der Waals surface area contributed by atoms with Gasteiger partial charge in [0.1, 0.15) is 0 Å². The number of rotatable bonds is 3. The number of hydrogen-bond donors (Lipinski definition) is 0. The van der Waals surface area contributed by atoms with Crippen LogP contribution in [0.5, 0.6) is 0 Å². The van der Waals surface area contributed by atoms with Gasteiger partial charge in [-0.3, -0.25) is 9.59 Å². The van der Waals surface area contributed by atoms with E-state index in [1.165, 1.54) is 7.11 Å². The summed E-state index contributed by atoms with van der Waals surface area (Å²) in [4.78, 5) is 40.7. The lowest BCUT2D eigenvalue weighted by atomic mass is 10.00. The molecule has 7 heteroatoms. The first-order valence-corrected chi connectivity index (χ1v) is 8.99. The molecular formula is C19H22N2O5. The molecule has 0 saturated carbocycles. The van der Waals surface area contributed by atoms with Gasteiger partial charge in [-0.1, -0.05) is 6.07 Å². The highest BCUT2D eigenvalue weighted by atomic mass is 16.5. The maximum Gasteiger partial charge on any atom is 0.337 e. The third-order valence-corrected chi connectivity index (χ3v) is 5.56. The summed E-state index contributed by atoms with van der Waals surface area (Å²) in [5.41, 5.74) is 1.83. The van der Waals surface area contributed by atoms with Crippen LogP contribution in [-0.4, -0.2) is 66.5 Å². The number of carbonyl (C=O) groups excluding carboxylic acids is 3. The molecule has 2 atom stereocenters. The number of esters is 1. The fraction of sp³-hybridized carbons (Fsp3) is 0.526. The van der Waals surface area contributed by atoms with Crippen LogP contribution in [-0.2, 0) is 20.8 Å². The molecule has 2 amide bonds. The summed E-state index contributed by atoms with van der Waals surface area (Å²) < 4.78 is 10.4. The van der Waals surface area contributed by atoms with Crippen molar-refractivity contribution in [3.8, 4) is 0 Å². The second-order valence-corrected chi connectivity index (χ2v) is 6.99. The summed E-state index contributed by atoms with van der Waals surface area (Å²) >= 11 is 0. The van der Waals surface area contributed by atoms with Crippen molar-refractivity contribution < 1.29 is 23.9 Å². The van der Waals surface area contributed by atoms with E-state index in [0.29, 0.717) is 43.7 Å². The molecule has 0 spiro atoms. The van der Waals surface area contributed by atoms with Crippen LogP contribution < -0.4 is 0 Å². The van der Waals surface area contributed by atoms with Crippen LogP contribution in [0.4, 0.5) is 0 Å². The highest BCUT2D eigenvalue weighted by Crippen LogP contribution is 2.31. The van der Waals surface area contributed by atoms with Crippen LogP contribution in [0.2, 0.25) is 0 Å². The Morgan fingerprint density at radius 2 is 2.08 bits per heavy atom. The summed E-state index contributed by atoms with van der Waals surface area (Å²) in [6.07, 6.45) is 2.14. The normalized spacial score (nSPS) is 25.6. The van der Waals surface area contributed by atoms with Gasteiger partial charge < -0.3 is 19.3 Å². The highest BCUT2D eigenvalue weighted by Gasteiger charge is 2.42. The van der Waals surface area contributed by atoms with Gasteiger partial charge in [-0.15, -0.1) is 0 Å². The number of amides is 2. The first-order valence-electron chi connectivity index (χ1n) is 8.99. The van der Waals surface area contributed by atoms with Crippen molar-refractivity contribution in [2.24, 2.45) is 0 Å². The topological polar surface area (TPSA) is 76.2 Å². The van der Waals surface area contributed by atoms with Crippen molar-refractivity contribution in [3.05, 3.63) is 34.9 Å². The van der Waals surface area contributed by atoms with Crippen LogP contribution >= 0.6 is 0 Å². The molecule has 1 aromatic rings. The van der Waals surface area contributed by atoms with Gasteiger partial charge in [0.2, 0.25) is 5.91 Å². The lowest BCUT2D eigenvalue weighted by molar-refractivity contribution is -0.134. The van der Waals surface area contributed by atoms with Gasteiger partial charge in [-0.2, -0.15) is 0 Å². The SMILES string of the molecule is COC(=O)c1ccc2c(c1)C(=O)N([C@@H]1CCOC[C@H]1N1CCCC1=O)C2. The molecule has 7 nitrogen and oxygen atoms in total. The van der Waals surface area contributed by atoms with Crippen LogP contribution in [0.25, 0.3) is 0 Å². The second-order valence-electron chi connectivity index (χ2n) is 6.99. The highest BCUT2D eigenvalue weighted by molar-refractivity contribution is 6.01. The smallest absolute Gasteiger partial charge is 0.337 e. The summed E-state index contributed by atoms with van der Waals surface area (Å²) in [7, 11) is 1.32. The second kappa shape index (κ2) is 6.72. The van der Waals surface area contributed by atoms with Crippen molar-refractivity contribution in [2.45, 2.75) is 37.9 Å². The van der Waals surface area contributed by atoms with Crippen molar-refractivity contribution >= 4 is 17.8 Å². The van der Waals surface area contributed by atoms with Crippen molar-refractivity contribution in [1.82, 2.24) is 9.80 Å². The summed E-state index contributed by atoms with van der Waals surface area (Å²) in [5, 5.41) is 0. The Balaban J connectivity index is 1.60. The Labute approximate surface area is 151 Å². The molecule has 0 radical (unpaired) electrons. The van der Waals surface area contributed by atoms with Crippen LogP contribution in [0, 0.1) is 0 Å². The zero-order chi connectivity index (χ0) is 18.3. The number of methoxy groups -OCH3 is 1. The zero-order valence-corrected chi connectivity index (χ0v) is 14.8.